The molecule has 4 rings (SSSR count). The number of benzene rings is 2. The maximum atomic E-state index is 13.0. The van der Waals surface area contributed by atoms with Gasteiger partial charge in [-0.1, -0.05) is 24.3 Å². The van der Waals surface area contributed by atoms with Crippen LogP contribution in [0.1, 0.15) is 29.8 Å². The van der Waals surface area contributed by atoms with E-state index >= 15 is 0 Å². The van der Waals surface area contributed by atoms with Crippen LogP contribution in [0.5, 0.6) is 5.75 Å². The number of hydrogen-bond acceptors (Lipinski definition) is 6. The van der Waals surface area contributed by atoms with Crippen molar-refractivity contribution in [3.8, 4) is 16.9 Å². The van der Waals surface area contributed by atoms with E-state index < -0.39 is 14.2 Å². The van der Waals surface area contributed by atoms with Crippen molar-refractivity contribution in [1.82, 2.24) is 4.98 Å². The molecule has 40 heavy (non-hydrogen) atoms. The number of ether oxygens (including phenoxy) is 2. The summed E-state index contributed by atoms with van der Waals surface area (Å²) in [6.45, 7) is 7.35. The zero-order valence-corrected chi connectivity index (χ0v) is 22.7. The van der Waals surface area contributed by atoms with E-state index in [1.165, 1.54) is 24.3 Å². The predicted molar refractivity (Wildman–Crippen MR) is 142 cm³/mol. The molecule has 2 heterocycles. The van der Waals surface area contributed by atoms with Crippen molar-refractivity contribution in [2.45, 2.75) is 39.3 Å². The van der Waals surface area contributed by atoms with E-state index in [9.17, 15) is 18.0 Å². The topological polar surface area (TPSA) is 141 Å². The van der Waals surface area contributed by atoms with Crippen LogP contribution in [0.25, 0.3) is 11.1 Å². The standard InChI is InChI=1S/C26H26F3N3O3.H3O4P/c1-16-14-32(15-17(2)34-16)24-12-9-20(13-30-24)31-25(33)23-6-4-5-22(18(23)3)19-7-10-21(11-8-19)35-26(27,28)29;1-5(2,3)4/h4-13,16-17H,14-15H2,1-3H3,(H,31,33);(H3,1,2,3,4). The van der Waals surface area contributed by atoms with Crippen molar-refractivity contribution in [3.05, 3.63) is 71.9 Å². The Hall–Kier alpha value is -3.48. The van der Waals surface area contributed by atoms with E-state index in [2.05, 4.69) is 19.9 Å². The molecule has 3 aromatic rings. The fourth-order valence-electron chi connectivity index (χ4n) is 4.24. The minimum absolute atomic E-state index is 0.114. The number of halogens is 3. The second-order valence-electron chi connectivity index (χ2n) is 9.09. The van der Waals surface area contributed by atoms with Gasteiger partial charge in [0.15, 0.2) is 0 Å². The summed E-state index contributed by atoms with van der Waals surface area (Å²) in [6.07, 6.45) is -2.90. The Kier molecular flexibility index (Phi) is 9.93. The molecule has 2 aromatic carbocycles. The quantitative estimate of drug-likeness (QED) is 0.309. The van der Waals surface area contributed by atoms with Gasteiger partial charge in [-0.15, -0.1) is 13.2 Å². The number of amides is 1. The summed E-state index contributed by atoms with van der Waals surface area (Å²) in [5.74, 6) is 0.218. The maximum absolute atomic E-state index is 13.0. The van der Waals surface area contributed by atoms with E-state index in [1.807, 2.05) is 32.0 Å². The van der Waals surface area contributed by atoms with E-state index in [0.29, 0.717) is 22.4 Å². The summed E-state index contributed by atoms with van der Waals surface area (Å²) >= 11 is 0. The van der Waals surface area contributed by atoms with Crippen LogP contribution in [0.15, 0.2) is 60.8 Å². The summed E-state index contributed by atoms with van der Waals surface area (Å²) in [4.78, 5) is 41.2. The number of alkyl halides is 3. The number of pyridine rings is 1. The highest BCUT2D eigenvalue weighted by Gasteiger charge is 2.31. The largest absolute Gasteiger partial charge is 0.573 e. The van der Waals surface area contributed by atoms with Gasteiger partial charge in [0.2, 0.25) is 0 Å². The van der Waals surface area contributed by atoms with E-state index in [4.69, 9.17) is 24.0 Å². The lowest BCUT2D eigenvalue weighted by Gasteiger charge is -2.36. The Bertz CT molecular complexity index is 1330. The highest BCUT2D eigenvalue weighted by Crippen LogP contribution is 2.30. The van der Waals surface area contributed by atoms with Crippen LogP contribution in [0.3, 0.4) is 0 Å². The lowest BCUT2D eigenvalue weighted by Crippen LogP contribution is -2.45. The summed E-state index contributed by atoms with van der Waals surface area (Å²) in [5.41, 5.74) is 3.13. The zero-order valence-electron chi connectivity index (χ0n) is 21.8. The van der Waals surface area contributed by atoms with Crippen LogP contribution in [-0.4, -0.2) is 57.2 Å². The molecule has 10 nitrogen and oxygen atoms in total. The molecule has 2 unspecified atom stereocenters. The number of phosphoric acid groups is 1. The highest BCUT2D eigenvalue weighted by atomic mass is 31.2. The van der Waals surface area contributed by atoms with Gasteiger partial charge < -0.3 is 34.4 Å². The minimum atomic E-state index is -4.75. The molecule has 1 saturated heterocycles. The number of anilines is 2. The zero-order chi connectivity index (χ0) is 29.7. The molecule has 14 heteroatoms. The van der Waals surface area contributed by atoms with Crippen molar-refractivity contribution in [1.29, 1.82) is 0 Å². The van der Waals surface area contributed by atoms with Gasteiger partial charge in [0.1, 0.15) is 11.6 Å². The number of aromatic nitrogens is 1. The fourth-order valence-corrected chi connectivity index (χ4v) is 4.24. The van der Waals surface area contributed by atoms with E-state index in [1.54, 1.807) is 25.3 Å². The van der Waals surface area contributed by atoms with Crippen LogP contribution in [-0.2, 0) is 9.30 Å². The minimum Gasteiger partial charge on any atom is -0.406 e. The first-order valence-corrected chi connectivity index (χ1v) is 13.6. The number of carbonyl (C=O) groups excluding carboxylic acids is 1. The summed E-state index contributed by atoms with van der Waals surface area (Å²) < 4.78 is 55.8. The molecule has 216 valence electrons. The molecule has 1 amide bonds. The van der Waals surface area contributed by atoms with Gasteiger partial charge in [-0.2, -0.15) is 0 Å². The first-order valence-electron chi connectivity index (χ1n) is 12.0. The molecule has 0 bridgehead atoms. The molecule has 0 saturated carbocycles. The predicted octanol–water partition coefficient (Wildman–Crippen LogP) is 4.89. The average molecular weight is 584 g/mol. The van der Waals surface area contributed by atoms with Gasteiger partial charge in [0.25, 0.3) is 5.91 Å². The van der Waals surface area contributed by atoms with Crippen LogP contribution in [0.2, 0.25) is 0 Å². The smallest absolute Gasteiger partial charge is 0.406 e. The molecule has 0 spiro atoms. The average Bonchev–Trinajstić information content (AvgIpc) is 2.82. The lowest BCUT2D eigenvalue weighted by atomic mass is 9.96. The van der Waals surface area contributed by atoms with Gasteiger partial charge in [-0.3, -0.25) is 4.79 Å². The molecule has 1 aliphatic rings. The van der Waals surface area contributed by atoms with Crippen molar-refractivity contribution < 1.29 is 46.7 Å². The Balaban J connectivity index is 0.000000810. The Morgan fingerprint density at radius 2 is 1.65 bits per heavy atom. The maximum Gasteiger partial charge on any atom is 0.573 e. The number of rotatable bonds is 5. The van der Waals surface area contributed by atoms with Gasteiger partial charge in [0, 0.05) is 18.7 Å². The Labute approximate surface area is 228 Å². The van der Waals surface area contributed by atoms with Gasteiger partial charge >= 0.3 is 14.2 Å². The summed E-state index contributed by atoms with van der Waals surface area (Å²) in [6, 6.07) is 14.5. The third kappa shape index (κ3) is 9.61. The van der Waals surface area contributed by atoms with E-state index in [0.717, 1.165) is 24.5 Å². The van der Waals surface area contributed by atoms with Crippen LogP contribution in [0, 0.1) is 6.92 Å². The first-order chi connectivity index (χ1) is 18.6. The van der Waals surface area contributed by atoms with Crippen molar-refractivity contribution >= 4 is 25.2 Å². The first kappa shape index (κ1) is 31.1. The Morgan fingerprint density at radius 1 is 1.05 bits per heavy atom. The second kappa shape index (κ2) is 12.8. The molecule has 0 radical (unpaired) electrons. The number of hydrogen-bond donors (Lipinski definition) is 4. The number of morpholine rings is 1. The number of nitrogens with zero attached hydrogens (tertiary/aromatic N) is 2. The molecule has 4 N–H and O–H groups in total. The highest BCUT2D eigenvalue weighted by molar-refractivity contribution is 7.45. The second-order valence-corrected chi connectivity index (χ2v) is 10.1. The van der Waals surface area contributed by atoms with Gasteiger partial charge in [-0.25, -0.2) is 9.55 Å². The van der Waals surface area contributed by atoms with Crippen molar-refractivity contribution in [3.63, 3.8) is 0 Å². The van der Waals surface area contributed by atoms with Crippen LogP contribution >= 0.6 is 7.82 Å². The normalized spacial score (nSPS) is 17.5. The molecular weight excluding hydrogens is 554 g/mol. The Morgan fingerprint density at radius 3 is 2.17 bits per heavy atom. The molecule has 1 aromatic heterocycles. The third-order valence-corrected chi connectivity index (χ3v) is 5.73. The monoisotopic (exact) mass is 583 g/mol. The fraction of sp³-hybridized carbons (Fsp3) is 0.308. The van der Waals surface area contributed by atoms with Crippen molar-refractivity contribution in [2.75, 3.05) is 23.3 Å². The molecule has 2 atom stereocenters. The van der Waals surface area contributed by atoms with E-state index in [-0.39, 0.29) is 23.9 Å². The summed E-state index contributed by atoms with van der Waals surface area (Å²) in [7, 11) is -4.64. The third-order valence-electron chi connectivity index (χ3n) is 5.73. The SMILES string of the molecule is Cc1c(C(=O)Nc2ccc(N3CC(C)OC(C)C3)nc2)cccc1-c1ccc(OC(F)(F)F)cc1.O=P(O)(O)O. The number of carbonyl (C=O) groups is 1. The lowest BCUT2D eigenvalue weighted by molar-refractivity contribution is -0.274. The van der Waals surface area contributed by atoms with Gasteiger partial charge in [-0.05, 0) is 67.8 Å². The molecule has 1 fully saturated rings. The van der Waals surface area contributed by atoms with Crippen molar-refractivity contribution in [2.24, 2.45) is 0 Å². The molecule has 0 aliphatic carbocycles. The van der Waals surface area contributed by atoms with Crippen LogP contribution < -0.4 is 15.0 Å². The van der Waals surface area contributed by atoms with Crippen LogP contribution in [0.4, 0.5) is 24.7 Å². The number of nitrogens with one attached hydrogen (secondary N) is 1. The summed E-state index contributed by atoms with van der Waals surface area (Å²) in [5, 5.41) is 2.87. The molecule has 1 aliphatic heterocycles. The molecular formula is C26H29F3N3O7P. The van der Waals surface area contributed by atoms with Gasteiger partial charge in [0.05, 0.1) is 24.1 Å².